The molecule has 342 valence electrons. The molecule has 0 saturated carbocycles. The third kappa shape index (κ3) is 42.1. The van der Waals surface area contributed by atoms with Crippen LogP contribution in [0.15, 0.2) is 60.8 Å². The quantitative estimate of drug-likeness (QED) is 0.0246. The summed E-state index contributed by atoms with van der Waals surface area (Å²) >= 11 is 0. The molecule has 0 rings (SSSR count). The van der Waals surface area contributed by atoms with Crippen LogP contribution in [-0.4, -0.2) is 46.9 Å². The monoisotopic (exact) mass is 826 g/mol. The summed E-state index contributed by atoms with van der Waals surface area (Å²) in [5, 5.41) is 23.7. The van der Waals surface area contributed by atoms with Gasteiger partial charge in [0.1, 0.15) is 6.10 Å². The van der Waals surface area contributed by atoms with Crippen LogP contribution in [0.5, 0.6) is 0 Å². The van der Waals surface area contributed by atoms with Crippen LogP contribution in [0.25, 0.3) is 0 Å². The molecule has 0 aliphatic carbocycles. The number of nitrogens with one attached hydrogen (secondary N) is 1. The van der Waals surface area contributed by atoms with E-state index in [2.05, 4.69) is 56.5 Å². The Bertz CT molecular complexity index is 1060. The van der Waals surface area contributed by atoms with Crippen molar-refractivity contribution in [1.82, 2.24) is 5.32 Å². The molecule has 3 unspecified atom stereocenters. The molecule has 0 aromatic rings. The Labute approximate surface area is 365 Å². The number of hydrogen-bond acceptors (Lipinski definition) is 5. The Hall–Kier alpha value is -2.44. The Morgan fingerprint density at radius 1 is 0.508 bits per heavy atom. The summed E-state index contributed by atoms with van der Waals surface area (Å²) < 4.78 is 5.88. The lowest BCUT2D eigenvalue weighted by Gasteiger charge is -2.24. The Balaban J connectivity index is 4.58. The minimum Gasteiger partial charge on any atom is -0.462 e. The number of unbranched alkanes of at least 4 members (excludes halogenated alkanes) is 25. The van der Waals surface area contributed by atoms with Gasteiger partial charge in [-0.15, -0.1) is 0 Å². The predicted molar refractivity (Wildman–Crippen MR) is 255 cm³/mol. The van der Waals surface area contributed by atoms with Gasteiger partial charge < -0.3 is 20.3 Å². The van der Waals surface area contributed by atoms with Gasteiger partial charge in [0.2, 0.25) is 5.91 Å². The van der Waals surface area contributed by atoms with E-state index in [4.69, 9.17) is 4.74 Å². The van der Waals surface area contributed by atoms with Gasteiger partial charge in [-0.1, -0.05) is 223 Å². The third-order valence-electron chi connectivity index (χ3n) is 11.2. The molecule has 0 saturated heterocycles. The van der Waals surface area contributed by atoms with E-state index in [1.54, 1.807) is 0 Å². The number of amides is 1. The SMILES string of the molecule is CC/C=C/C=C/C=C\C=C/CCCCCC(=O)OC(CCC/C=C\CCCCCCCC)CC(=O)NC(CO)C(O)CCCCCCCCCCCCCCCCCC. The van der Waals surface area contributed by atoms with Crippen LogP contribution in [0, 0.1) is 0 Å². The summed E-state index contributed by atoms with van der Waals surface area (Å²) in [4.78, 5) is 26.0. The van der Waals surface area contributed by atoms with Gasteiger partial charge in [0.25, 0.3) is 0 Å². The zero-order valence-corrected chi connectivity index (χ0v) is 38.9. The molecule has 6 heteroatoms. The van der Waals surface area contributed by atoms with E-state index in [1.165, 1.54) is 122 Å². The molecule has 0 bridgehead atoms. The van der Waals surface area contributed by atoms with Crippen LogP contribution >= 0.6 is 0 Å². The van der Waals surface area contributed by atoms with Crippen LogP contribution in [0.1, 0.15) is 239 Å². The molecule has 0 heterocycles. The second-order valence-electron chi connectivity index (χ2n) is 16.9. The van der Waals surface area contributed by atoms with Gasteiger partial charge >= 0.3 is 5.97 Å². The van der Waals surface area contributed by atoms with E-state index in [-0.39, 0.29) is 24.9 Å². The van der Waals surface area contributed by atoms with E-state index in [1.807, 2.05) is 30.4 Å². The summed E-state index contributed by atoms with van der Waals surface area (Å²) in [5.74, 6) is -0.550. The Morgan fingerprint density at radius 3 is 1.47 bits per heavy atom. The minimum atomic E-state index is -0.802. The number of esters is 1. The van der Waals surface area contributed by atoms with Crippen molar-refractivity contribution in [2.75, 3.05) is 6.61 Å². The van der Waals surface area contributed by atoms with Gasteiger partial charge in [0.05, 0.1) is 25.2 Å². The highest BCUT2D eigenvalue weighted by Gasteiger charge is 2.24. The first-order chi connectivity index (χ1) is 29.0. The zero-order valence-electron chi connectivity index (χ0n) is 38.9. The number of aliphatic hydroxyl groups is 2. The average Bonchev–Trinajstić information content (AvgIpc) is 3.23. The van der Waals surface area contributed by atoms with E-state index in [9.17, 15) is 19.8 Å². The van der Waals surface area contributed by atoms with Gasteiger partial charge in [-0.3, -0.25) is 9.59 Å². The summed E-state index contributed by atoms with van der Waals surface area (Å²) in [6.07, 6.45) is 57.1. The van der Waals surface area contributed by atoms with Crippen LogP contribution in [0.2, 0.25) is 0 Å². The molecule has 59 heavy (non-hydrogen) atoms. The minimum absolute atomic E-state index is 0.0396. The van der Waals surface area contributed by atoms with E-state index in [0.717, 1.165) is 70.6 Å². The lowest BCUT2D eigenvalue weighted by molar-refractivity contribution is -0.151. The highest BCUT2D eigenvalue weighted by atomic mass is 16.5. The molecule has 3 atom stereocenters. The summed E-state index contributed by atoms with van der Waals surface area (Å²) in [6, 6.07) is -0.718. The largest absolute Gasteiger partial charge is 0.462 e. The van der Waals surface area contributed by atoms with Crippen molar-refractivity contribution in [3.8, 4) is 0 Å². The summed E-state index contributed by atoms with van der Waals surface area (Å²) in [6.45, 7) is 6.32. The molecular formula is C53H95NO5. The fourth-order valence-corrected chi connectivity index (χ4v) is 7.38. The molecule has 0 aromatic carbocycles. The van der Waals surface area contributed by atoms with E-state index < -0.39 is 18.2 Å². The maximum atomic E-state index is 13.2. The number of rotatable bonds is 44. The van der Waals surface area contributed by atoms with Crippen molar-refractivity contribution < 1.29 is 24.5 Å². The molecule has 6 nitrogen and oxygen atoms in total. The van der Waals surface area contributed by atoms with Crippen molar-refractivity contribution in [2.45, 2.75) is 257 Å². The number of carbonyl (C=O) groups excluding carboxylic acids is 2. The molecule has 0 aromatic heterocycles. The molecule has 0 fully saturated rings. The van der Waals surface area contributed by atoms with Crippen LogP contribution < -0.4 is 5.32 Å². The topological polar surface area (TPSA) is 95.9 Å². The number of allylic oxidation sites excluding steroid dienone is 10. The zero-order chi connectivity index (χ0) is 43.1. The van der Waals surface area contributed by atoms with Gasteiger partial charge in [-0.2, -0.15) is 0 Å². The van der Waals surface area contributed by atoms with Gasteiger partial charge in [0, 0.05) is 6.42 Å². The molecule has 0 aliphatic rings. The first-order valence-corrected chi connectivity index (χ1v) is 25.1. The van der Waals surface area contributed by atoms with Gasteiger partial charge in [0.15, 0.2) is 0 Å². The number of aliphatic hydroxyl groups excluding tert-OH is 2. The normalized spacial score (nSPS) is 13.8. The Kier molecular flexibility index (Phi) is 44.7. The smallest absolute Gasteiger partial charge is 0.306 e. The summed E-state index contributed by atoms with van der Waals surface area (Å²) in [5.41, 5.74) is 0. The highest BCUT2D eigenvalue weighted by Crippen LogP contribution is 2.17. The molecular weight excluding hydrogens is 731 g/mol. The standard InChI is InChI=1S/C53H95NO5/c1-4-7-10-13-16-19-22-24-25-26-28-30-33-36-39-42-45-51(56)50(48-55)54-52(57)47-49(44-41-38-35-32-29-21-18-15-12-9-6-3)59-53(58)46-43-40-37-34-31-27-23-20-17-14-11-8-5-2/h8,11,14,17,20,23,27,31-32,35,49-51,55-56H,4-7,9-10,12-13,15-16,18-19,21-22,24-26,28-30,33-34,36-48H2,1-3H3,(H,54,57)/b11-8+,17-14+,23-20-,31-27-,35-32-. The second-order valence-corrected chi connectivity index (χ2v) is 16.9. The van der Waals surface area contributed by atoms with Crippen molar-refractivity contribution >= 4 is 11.9 Å². The average molecular weight is 826 g/mol. The van der Waals surface area contributed by atoms with Gasteiger partial charge in [-0.05, 0) is 64.2 Å². The first kappa shape index (κ1) is 56.6. The lowest BCUT2D eigenvalue weighted by Crippen LogP contribution is -2.46. The number of carbonyl (C=O) groups is 2. The number of hydrogen-bond donors (Lipinski definition) is 3. The molecule has 0 radical (unpaired) electrons. The highest BCUT2D eigenvalue weighted by molar-refractivity contribution is 5.77. The molecule has 0 aliphatic heterocycles. The lowest BCUT2D eigenvalue weighted by atomic mass is 10.0. The van der Waals surface area contributed by atoms with Crippen molar-refractivity contribution in [3.05, 3.63) is 60.8 Å². The fourth-order valence-electron chi connectivity index (χ4n) is 7.38. The maximum Gasteiger partial charge on any atom is 0.306 e. The maximum absolute atomic E-state index is 13.2. The van der Waals surface area contributed by atoms with Gasteiger partial charge in [-0.25, -0.2) is 0 Å². The molecule has 3 N–H and O–H groups in total. The summed E-state index contributed by atoms with van der Waals surface area (Å²) in [7, 11) is 0. The second kappa shape index (κ2) is 46.6. The third-order valence-corrected chi connectivity index (χ3v) is 11.2. The molecule has 0 spiro atoms. The van der Waals surface area contributed by atoms with Crippen LogP contribution in [0.4, 0.5) is 0 Å². The molecule has 1 amide bonds. The fraction of sp³-hybridized carbons (Fsp3) is 0.774. The van der Waals surface area contributed by atoms with Crippen molar-refractivity contribution in [3.63, 3.8) is 0 Å². The van der Waals surface area contributed by atoms with Crippen LogP contribution in [0.3, 0.4) is 0 Å². The predicted octanol–water partition coefficient (Wildman–Crippen LogP) is 14.8. The van der Waals surface area contributed by atoms with E-state index in [0.29, 0.717) is 19.3 Å². The van der Waals surface area contributed by atoms with Crippen molar-refractivity contribution in [2.24, 2.45) is 0 Å². The van der Waals surface area contributed by atoms with E-state index >= 15 is 0 Å². The Morgan fingerprint density at radius 2 is 0.949 bits per heavy atom. The van der Waals surface area contributed by atoms with Crippen molar-refractivity contribution in [1.29, 1.82) is 0 Å². The van der Waals surface area contributed by atoms with Crippen LogP contribution in [-0.2, 0) is 14.3 Å². The number of ether oxygens (including phenoxy) is 1. The first-order valence-electron chi connectivity index (χ1n) is 25.1.